The largest absolute Gasteiger partial charge is 0.395 e. The van der Waals surface area contributed by atoms with Gasteiger partial charge in [-0.2, -0.15) is 0 Å². The molecule has 19 heavy (non-hydrogen) atoms. The summed E-state index contributed by atoms with van der Waals surface area (Å²) in [6.45, 7) is 3.16. The Labute approximate surface area is 116 Å². The number of aliphatic hydroxyl groups excluding tert-OH is 1. The van der Waals surface area contributed by atoms with Crippen molar-refractivity contribution in [3.8, 4) is 0 Å². The van der Waals surface area contributed by atoms with E-state index in [0.29, 0.717) is 19.1 Å². The molecular formula is C15H28N2O2. The molecule has 4 heteroatoms. The third-order valence-electron chi connectivity index (χ3n) is 4.53. The van der Waals surface area contributed by atoms with Crippen LogP contribution in [0.25, 0.3) is 0 Å². The van der Waals surface area contributed by atoms with Crippen molar-refractivity contribution in [2.45, 2.75) is 57.4 Å². The Morgan fingerprint density at radius 1 is 1.05 bits per heavy atom. The summed E-state index contributed by atoms with van der Waals surface area (Å²) in [5, 5.41) is 9.22. The van der Waals surface area contributed by atoms with Gasteiger partial charge in [-0.05, 0) is 32.1 Å². The highest BCUT2D eigenvalue weighted by Gasteiger charge is 2.25. The number of aliphatic hydroxyl groups is 1. The molecule has 1 saturated heterocycles. The van der Waals surface area contributed by atoms with Crippen LogP contribution in [0.2, 0.25) is 0 Å². The summed E-state index contributed by atoms with van der Waals surface area (Å²) in [5.41, 5.74) is 0. The topological polar surface area (TPSA) is 43.8 Å². The summed E-state index contributed by atoms with van der Waals surface area (Å²) < 4.78 is 0. The SMILES string of the molecule is O=C(CN(CCO)C1CCCCC1)N1CCCCC1. The van der Waals surface area contributed by atoms with E-state index in [1.54, 1.807) is 0 Å². The third kappa shape index (κ3) is 4.46. The van der Waals surface area contributed by atoms with Crippen molar-refractivity contribution < 1.29 is 9.90 Å². The minimum atomic E-state index is 0.157. The van der Waals surface area contributed by atoms with Crippen LogP contribution in [0.5, 0.6) is 0 Å². The Hall–Kier alpha value is -0.610. The minimum absolute atomic E-state index is 0.157. The molecule has 1 aliphatic heterocycles. The molecule has 0 aromatic rings. The zero-order chi connectivity index (χ0) is 13.5. The van der Waals surface area contributed by atoms with Crippen LogP contribution in [-0.2, 0) is 4.79 Å². The number of piperidine rings is 1. The minimum Gasteiger partial charge on any atom is -0.395 e. The highest BCUT2D eigenvalue weighted by molar-refractivity contribution is 5.78. The lowest BCUT2D eigenvalue weighted by Gasteiger charge is -2.35. The molecule has 110 valence electrons. The molecule has 1 amide bonds. The second kappa shape index (κ2) is 7.85. The van der Waals surface area contributed by atoms with Gasteiger partial charge in [0.05, 0.1) is 13.2 Å². The summed E-state index contributed by atoms with van der Waals surface area (Å²) in [5.74, 6) is 0.263. The number of likely N-dealkylation sites (tertiary alicyclic amines) is 1. The van der Waals surface area contributed by atoms with E-state index in [1.165, 1.54) is 38.5 Å². The van der Waals surface area contributed by atoms with Crippen LogP contribution >= 0.6 is 0 Å². The fourth-order valence-electron chi connectivity index (χ4n) is 3.38. The summed E-state index contributed by atoms with van der Waals surface area (Å²) >= 11 is 0. The second-order valence-electron chi connectivity index (χ2n) is 5.93. The first kappa shape index (κ1) is 14.8. The smallest absolute Gasteiger partial charge is 0.236 e. The third-order valence-corrected chi connectivity index (χ3v) is 4.53. The fraction of sp³-hybridized carbons (Fsp3) is 0.933. The van der Waals surface area contributed by atoms with Gasteiger partial charge in [-0.1, -0.05) is 19.3 Å². The van der Waals surface area contributed by atoms with E-state index in [0.717, 1.165) is 25.9 Å². The van der Waals surface area contributed by atoms with Gasteiger partial charge >= 0.3 is 0 Å². The van der Waals surface area contributed by atoms with Gasteiger partial charge in [0.25, 0.3) is 0 Å². The summed E-state index contributed by atoms with van der Waals surface area (Å²) in [6, 6.07) is 0.509. The van der Waals surface area contributed by atoms with E-state index in [-0.39, 0.29) is 12.5 Å². The van der Waals surface area contributed by atoms with E-state index in [4.69, 9.17) is 0 Å². The van der Waals surface area contributed by atoms with Crippen molar-refractivity contribution in [2.75, 3.05) is 32.8 Å². The average Bonchev–Trinajstić information content (AvgIpc) is 2.48. The highest BCUT2D eigenvalue weighted by Crippen LogP contribution is 2.22. The first-order chi connectivity index (χ1) is 9.31. The van der Waals surface area contributed by atoms with Gasteiger partial charge in [-0.15, -0.1) is 0 Å². The molecule has 0 spiro atoms. The Balaban J connectivity index is 1.85. The molecule has 1 N–H and O–H groups in total. The van der Waals surface area contributed by atoms with Crippen LogP contribution in [0.4, 0.5) is 0 Å². The summed E-state index contributed by atoms with van der Waals surface area (Å²) in [7, 11) is 0. The van der Waals surface area contributed by atoms with Crippen LogP contribution in [-0.4, -0.2) is 59.6 Å². The van der Waals surface area contributed by atoms with E-state index in [1.807, 2.05) is 4.90 Å². The molecule has 0 atom stereocenters. The van der Waals surface area contributed by atoms with Gasteiger partial charge in [0.15, 0.2) is 0 Å². The molecule has 0 radical (unpaired) electrons. The zero-order valence-corrected chi connectivity index (χ0v) is 12.0. The monoisotopic (exact) mass is 268 g/mol. The molecular weight excluding hydrogens is 240 g/mol. The van der Waals surface area contributed by atoms with Crippen LogP contribution in [0.1, 0.15) is 51.4 Å². The van der Waals surface area contributed by atoms with Gasteiger partial charge in [0, 0.05) is 25.7 Å². The van der Waals surface area contributed by atoms with Crippen LogP contribution in [0.15, 0.2) is 0 Å². The number of carbonyl (C=O) groups is 1. The van der Waals surface area contributed by atoms with Crippen molar-refractivity contribution in [2.24, 2.45) is 0 Å². The molecule has 1 saturated carbocycles. The highest BCUT2D eigenvalue weighted by atomic mass is 16.3. The van der Waals surface area contributed by atoms with Gasteiger partial charge in [0.2, 0.25) is 5.91 Å². The normalized spacial score (nSPS) is 21.9. The molecule has 1 heterocycles. The van der Waals surface area contributed by atoms with Crippen molar-refractivity contribution in [3.63, 3.8) is 0 Å². The van der Waals surface area contributed by atoms with Gasteiger partial charge in [-0.25, -0.2) is 0 Å². The van der Waals surface area contributed by atoms with Crippen molar-refractivity contribution in [1.29, 1.82) is 0 Å². The second-order valence-corrected chi connectivity index (χ2v) is 5.93. The maximum atomic E-state index is 12.3. The lowest BCUT2D eigenvalue weighted by Crippen LogP contribution is -2.47. The van der Waals surface area contributed by atoms with Crippen LogP contribution in [0.3, 0.4) is 0 Å². The number of carbonyl (C=O) groups excluding carboxylic acids is 1. The molecule has 0 bridgehead atoms. The molecule has 2 fully saturated rings. The Morgan fingerprint density at radius 2 is 1.68 bits per heavy atom. The van der Waals surface area contributed by atoms with Crippen molar-refractivity contribution >= 4 is 5.91 Å². The quantitative estimate of drug-likeness (QED) is 0.824. The first-order valence-corrected chi connectivity index (χ1v) is 7.94. The predicted octanol–water partition coefficient (Wildman–Crippen LogP) is 1.63. The number of hydrogen-bond donors (Lipinski definition) is 1. The standard InChI is InChI=1S/C15H28N2O2/c18-12-11-17(14-7-3-1-4-8-14)13-15(19)16-9-5-2-6-10-16/h14,18H,1-13H2. The molecule has 1 aliphatic carbocycles. The summed E-state index contributed by atoms with van der Waals surface area (Å²) in [4.78, 5) is 16.6. The maximum Gasteiger partial charge on any atom is 0.236 e. The molecule has 0 aromatic carbocycles. The Bertz CT molecular complexity index is 271. The molecule has 2 aliphatic rings. The van der Waals surface area contributed by atoms with E-state index < -0.39 is 0 Å². The predicted molar refractivity (Wildman–Crippen MR) is 76.0 cm³/mol. The van der Waals surface area contributed by atoms with Gasteiger partial charge in [-0.3, -0.25) is 9.69 Å². The molecule has 4 nitrogen and oxygen atoms in total. The van der Waals surface area contributed by atoms with E-state index >= 15 is 0 Å². The number of rotatable bonds is 5. The zero-order valence-electron chi connectivity index (χ0n) is 12.0. The molecule has 0 aromatic heterocycles. The fourth-order valence-corrected chi connectivity index (χ4v) is 3.38. The molecule has 2 rings (SSSR count). The Kier molecular flexibility index (Phi) is 6.11. The number of hydrogen-bond acceptors (Lipinski definition) is 3. The van der Waals surface area contributed by atoms with Crippen molar-refractivity contribution in [3.05, 3.63) is 0 Å². The van der Waals surface area contributed by atoms with Gasteiger partial charge in [0.1, 0.15) is 0 Å². The lowest BCUT2D eigenvalue weighted by atomic mass is 9.94. The van der Waals surface area contributed by atoms with E-state index in [9.17, 15) is 9.90 Å². The summed E-state index contributed by atoms with van der Waals surface area (Å²) in [6.07, 6.45) is 9.79. The van der Waals surface area contributed by atoms with Crippen LogP contribution in [0, 0.1) is 0 Å². The Morgan fingerprint density at radius 3 is 2.32 bits per heavy atom. The van der Waals surface area contributed by atoms with Crippen LogP contribution < -0.4 is 0 Å². The average molecular weight is 268 g/mol. The van der Waals surface area contributed by atoms with Crippen molar-refractivity contribution in [1.82, 2.24) is 9.80 Å². The number of nitrogens with zero attached hydrogens (tertiary/aromatic N) is 2. The number of amides is 1. The maximum absolute atomic E-state index is 12.3. The van der Waals surface area contributed by atoms with E-state index in [2.05, 4.69) is 4.90 Å². The first-order valence-electron chi connectivity index (χ1n) is 7.94. The van der Waals surface area contributed by atoms with Gasteiger partial charge < -0.3 is 10.0 Å². The lowest BCUT2D eigenvalue weighted by molar-refractivity contribution is -0.134. The molecule has 0 unspecified atom stereocenters.